The SMILES string of the molecule is Clc1ccc(NCC2CCN(Cc3ccccc3)CC2)cc1Cl. The van der Waals surface area contributed by atoms with E-state index in [0.717, 1.165) is 24.7 Å². The molecule has 1 fully saturated rings. The highest BCUT2D eigenvalue weighted by Gasteiger charge is 2.19. The molecule has 2 aromatic carbocycles. The predicted molar refractivity (Wildman–Crippen MR) is 99.4 cm³/mol. The molecule has 1 saturated heterocycles. The number of anilines is 1. The predicted octanol–water partition coefficient (Wildman–Crippen LogP) is 5.32. The molecule has 0 radical (unpaired) electrons. The highest BCUT2D eigenvalue weighted by atomic mass is 35.5. The lowest BCUT2D eigenvalue weighted by Crippen LogP contribution is -2.35. The van der Waals surface area contributed by atoms with E-state index in [0.29, 0.717) is 10.0 Å². The van der Waals surface area contributed by atoms with E-state index in [4.69, 9.17) is 23.2 Å². The van der Waals surface area contributed by atoms with Gasteiger partial charge >= 0.3 is 0 Å². The molecule has 1 N–H and O–H groups in total. The summed E-state index contributed by atoms with van der Waals surface area (Å²) in [5.74, 6) is 0.719. The number of nitrogens with one attached hydrogen (secondary N) is 1. The Hall–Kier alpha value is -1.22. The maximum Gasteiger partial charge on any atom is 0.0612 e. The van der Waals surface area contributed by atoms with Crippen molar-refractivity contribution < 1.29 is 0 Å². The largest absolute Gasteiger partial charge is 0.385 e. The molecule has 4 heteroatoms. The summed E-state index contributed by atoms with van der Waals surface area (Å²) < 4.78 is 0. The van der Waals surface area contributed by atoms with E-state index in [-0.39, 0.29) is 0 Å². The molecule has 0 saturated carbocycles. The van der Waals surface area contributed by atoms with Crippen molar-refractivity contribution in [3.05, 3.63) is 64.1 Å². The van der Waals surface area contributed by atoms with Crippen LogP contribution in [0.5, 0.6) is 0 Å². The van der Waals surface area contributed by atoms with Gasteiger partial charge in [-0.25, -0.2) is 0 Å². The standard InChI is InChI=1S/C19H22Cl2N2/c20-18-7-6-17(12-19(18)21)22-13-15-8-10-23(11-9-15)14-16-4-2-1-3-5-16/h1-7,12,15,22H,8-11,13-14H2. The zero-order valence-electron chi connectivity index (χ0n) is 13.1. The minimum absolute atomic E-state index is 0.603. The van der Waals surface area contributed by atoms with Crippen LogP contribution in [0.25, 0.3) is 0 Å². The molecule has 0 unspecified atom stereocenters. The Morgan fingerprint density at radius 3 is 2.39 bits per heavy atom. The van der Waals surface area contributed by atoms with Gasteiger partial charge in [-0.3, -0.25) is 4.90 Å². The quantitative estimate of drug-likeness (QED) is 0.786. The third kappa shape index (κ3) is 4.87. The summed E-state index contributed by atoms with van der Waals surface area (Å²) >= 11 is 12.0. The van der Waals surface area contributed by atoms with E-state index in [2.05, 4.69) is 40.5 Å². The monoisotopic (exact) mass is 348 g/mol. The van der Waals surface area contributed by atoms with Gasteiger partial charge in [0.1, 0.15) is 0 Å². The van der Waals surface area contributed by atoms with E-state index in [1.807, 2.05) is 18.2 Å². The lowest BCUT2D eigenvalue weighted by molar-refractivity contribution is 0.182. The molecule has 0 bridgehead atoms. The molecule has 1 aliphatic heterocycles. The third-order valence-electron chi connectivity index (χ3n) is 4.47. The van der Waals surface area contributed by atoms with Gasteiger partial charge in [-0.15, -0.1) is 0 Å². The minimum atomic E-state index is 0.603. The highest BCUT2D eigenvalue weighted by molar-refractivity contribution is 6.42. The summed E-state index contributed by atoms with van der Waals surface area (Å²) in [6.45, 7) is 4.40. The highest BCUT2D eigenvalue weighted by Crippen LogP contribution is 2.26. The number of nitrogens with zero attached hydrogens (tertiary/aromatic N) is 1. The molecule has 122 valence electrons. The Morgan fingerprint density at radius 1 is 0.957 bits per heavy atom. The van der Waals surface area contributed by atoms with Gasteiger partial charge in [0.25, 0.3) is 0 Å². The molecule has 2 aromatic rings. The van der Waals surface area contributed by atoms with Gasteiger partial charge in [0, 0.05) is 18.8 Å². The number of hydrogen-bond donors (Lipinski definition) is 1. The van der Waals surface area contributed by atoms with E-state index in [1.54, 1.807) is 0 Å². The summed E-state index contributed by atoms with van der Waals surface area (Å²) in [5, 5.41) is 4.69. The fourth-order valence-corrected chi connectivity index (χ4v) is 3.36. The maximum absolute atomic E-state index is 6.05. The lowest BCUT2D eigenvalue weighted by Gasteiger charge is -2.32. The first-order valence-corrected chi connectivity index (χ1v) is 8.91. The van der Waals surface area contributed by atoms with E-state index in [9.17, 15) is 0 Å². The zero-order chi connectivity index (χ0) is 16.1. The van der Waals surface area contributed by atoms with Crippen LogP contribution in [-0.2, 0) is 6.54 Å². The topological polar surface area (TPSA) is 15.3 Å². The van der Waals surface area contributed by atoms with Crippen molar-refractivity contribution in [2.75, 3.05) is 25.0 Å². The van der Waals surface area contributed by atoms with Crippen LogP contribution < -0.4 is 5.32 Å². The molecule has 0 aliphatic carbocycles. The third-order valence-corrected chi connectivity index (χ3v) is 5.21. The average Bonchev–Trinajstić information content (AvgIpc) is 2.58. The van der Waals surface area contributed by atoms with Crippen LogP contribution >= 0.6 is 23.2 Å². The Labute approximate surface area is 148 Å². The second kappa shape index (κ2) is 8.05. The molecule has 1 heterocycles. The van der Waals surface area contributed by atoms with Crippen LogP contribution in [0, 0.1) is 5.92 Å². The number of hydrogen-bond acceptors (Lipinski definition) is 2. The van der Waals surface area contributed by atoms with Crippen molar-refractivity contribution in [2.24, 2.45) is 5.92 Å². The fourth-order valence-electron chi connectivity index (χ4n) is 3.06. The summed E-state index contributed by atoms with van der Waals surface area (Å²) in [6, 6.07) is 16.4. The number of halogens is 2. The Kier molecular flexibility index (Phi) is 5.82. The van der Waals surface area contributed by atoms with E-state index < -0.39 is 0 Å². The summed E-state index contributed by atoms with van der Waals surface area (Å²) in [5.41, 5.74) is 2.45. The molecule has 1 aliphatic rings. The van der Waals surface area contributed by atoms with E-state index in [1.165, 1.54) is 31.5 Å². The molecule has 3 rings (SSSR count). The Morgan fingerprint density at radius 2 is 1.70 bits per heavy atom. The summed E-state index contributed by atoms with van der Waals surface area (Å²) in [4.78, 5) is 2.55. The summed E-state index contributed by atoms with van der Waals surface area (Å²) in [6.07, 6.45) is 2.47. The summed E-state index contributed by atoms with van der Waals surface area (Å²) in [7, 11) is 0. The van der Waals surface area contributed by atoms with Crippen molar-refractivity contribution in [1.82, 2.24) is 4.90 Å². The first-order chi connectivity index (χ1) is 11.2. The normalized spacial score (nSPS) is 16.4. The van der Waals surface area contributed by atoms with Crippen molar-refractivity contribution in [3.8, 4) is 0 Å². The lowest BCUT2D eigenvalue weighted by atomic mass is 9.96. The number of likely N-dealkylation sites (tertiary alicyclic amines) is 1. The van der Waals surface area contributed by atoms with Gasteiger partial charge in [0.05, 0.1) is 10.0 Å². The molecule has 23 heavy (non-hydrogen) atoms. The van der Waals surface area contributed by atoms with Gasteiger partial charge in [-0.05, 0) is 55.6 Å². The average molecular weight is 349 g/mol. The second-order valence-corrected chi connectivity index (χ2v) is 7.03. The zero-order valence-corrected chi connectivity index (χ0v) is 14.7. The van der Waals surface area contributed by atoms with Crippen LogP contribution in [0.2, 0.25) is 10.0 Å². The molecule has 0 atom stereocenters. The number of rotatable bonds is 5. The fraction of sp³-hybridized carbons (Fsp3) is 0.368. The van der Waals surface area contributed by atoms with Gasteiger partial charge in [-0.2, -0.15) is 0 Å². The molecular formula is C19H22Cl2N2. The Bertz CT molecular complexity index is 623. The van der Waals surface area contributed by atoms with Gasteiger partial charge in [0.15, 0.2) is 0 Å². The Balaban J connectivity index is 1.43. The minimum Gasteiger partial charge on any atom is -0.385 e. The second-order valence-electron chi connectivity index (χ2n) is 6.21. The van der Waals surface area contributed by atoms with Gasteiger partial charge in [0.2, 0.25) is 0 Å². The van der Waals surface area contributed by atoms with Crippen molar-refractivity contribution in [2.45, 2.75) is 19.4 Å². The molecular weight excluding hydrogens is 327 g/mol. The molecule has 0 aromatic heterocycles. The molecule has 0 spiro atoms. The smallest absolute Gasteiger partial charge is 0.0612 e. The molecule has 2 nitrogen and oxygen atoms in total. The van der Waals surface area contributed by atoms with E-state index >= 15 is 0 Å². The van der Waals surface area contributed by atoms with Crippen molar-refractivity contribution in [1.29, 1.82) is 0 Å². The first kappa shape index (κ1) is 16.6. The van der Waals surface area contributed by atoms with Gasteiger partial charge in [-0.1, -0.05) is 53.5 Å². The van der Waals surface area contributed by atoms with Crippen LogP contribution in [0.4, 0.5) is 5.69 Å². The van der Waals surface area contributed by atoms with Crippen molar-refractivity contribution >= 4 is 28.9 Å². The van der Waals surface area contributed by atoms with Crippen LogP contribution in [0.15, 0.2) is 48.5 Å². The van der Waals surface area contributed by atoms with Crippen molar-refractivity contribution in [3.63, 3.8) is 0 Å². The molecule has 0 amide bonds. The first-order valence-electron chi connectivity index (χ1n) is 8.16. The maximum atomic E-state index is 6.05. The van der Waals surface area contributed by atoms with Crippen LogP contribution in [-0.4, -0.2) is 24.5 Å². The van der Waals surface area contributed by atoms with Crippen LogP contribution in [0.3, 0.4) is 0 Å². The van der Waals surface area contributed by atoms with Gasteiger partial charge < -0.3 is 5.32 Å². The number of benzene rings is 2. The van der Waals surface area contributed by atoms with Crippen LogP contribution in [0.1, 0.15) is 18.4 Å². The number of piperidine rings is 1.